The van der Waals surface area contributed by atoms with Crippen LogP contribution in [0.2, 0.25) is 0 Å². The molecule has 0 fully saturated rings. The van der Waals surface area contributed by atoms with Crippen molar-refractivity contribution in [3.63, 3.8) is 0 Å². The van der Waals surface area contributed by atoms with Crippen LogP contribution in [0.4, 0.5) is 0 Å². The first-order chi connectivity index (χ1) is 5.48. The van der Waals surface area contributed by atoms with E-state index < -0.39 is 5.60 Å². The van der Waals surface area contributed by atoms with E-state index in [0.29, 0.717) is 6.42 Å². The first-order valence-corrected chi connectivity index (χ1v) is 4.27. The van der Waals surface area contributed by atoms with Crippen LogP contribution in [0.3, 0.4) is 0 Å². The Kier molecular flexibility index (Phi) is 4.83. The predicted molar refractivity (Wildman–Crippen MR) is 50.0 cm³/mol. The normalized spacial score (nSPS) is 15.0. The van der Waals surface area contributed by atoms with Crippen LogP contribution in [-0.4, -0.2) is 17.0 Å². The minimum absolute atomic E-state index is 0.226. The van der Waals surface area contributed by atoms with Crippen molar-refractivity contribution in [3.8, 4) is 0 Å². The highest BCUT2D eigenvalue weighted by atomic mass is 16.3. The maximum atomic E-state index is 10.1. The summed E-state index contributed by atoms with van der Waals surface area (Å²) in [6.45, 7) is 5.74. The van der Waals surface area contributed by atoms with Crippen molar-refractivity contribution in [2.75, 3.05) is 0 Å². The standard InChI is InChI=1S/C10H18O2/c1-9(2)5-4-6-10(3,12)7-8-11/h5,8,12H,4,6-7H2,1-3H3/t10-/m1/s1. The third kappa shape index (κ3) is 6.10. The van der Waals surface area contributed by atoms with Gasteiger partial charge in [0, 0.05) is 6.42 Å². The van der Waals surface area contributed by atoms with Gasteiger partial charge in [-0.15, -0.1) is 0 Å². The molecule has 0 aromatic heterocycles. The lowest BCUT2D eigenvalue weighted by atomic mass is 9.96. The van der Waals surface area contributed by atoms with Gasteiger partial charge in [-0.1, -0.05) is 11.6 Å². The maximum Gasteiger partial charge on any atom is 0.122 e. The van der Waals surface area contributed by atoms with Crippen LogP contribution in [0, 0.1) is 0 Å². The molecule has 0 rings (SSSR count). The van der Waals surface area contributed by atoms with Gasteiger partial charge in [0.05, 0.1) is 5.60 Å². The highest BCUT2D eigenvalue weighted by Crippen LogP contribution is 2.15. The van der Waals surface area contributed by atoms with Gasteiger partial charge < -0.3 is 9.90 Å². The summed E-state index contributed by atoms with van der Waals surface area (Å²) >= 11 is 0. The Morgan fingerprint density at radius 2 is 2.08 bits per heavy atom. The molecule has 0 spiro atoms. The van der Waals surface area contributed by atoms with E-state index in [1.807, 2.05) is 13.8 Å². The molecule has 2 nitrogen and oxygen atoms in total. The van der Waals surface area contributed by atoms with Crippen LogP contribution in [0.5, 0.6) is 0 Å². The van der Waals surface area contributed by atoms with Crippen LogP contribution in [-0.2, 0) is 4.79 Å². The van der Waals surface area contributed by atoms with Crippen LogP contribution < -0.4 is 0 Å². The molecule has 0 bridgehead atoms. The lowest BCUT2D eigenvalue weighted by Crippen LogP contribution is -2.23. The highest BCUT2D eigenvalue weighted by Gasteiger charge is 2.17. The number of aldehydes is 1. The Morgan fingerprint density at radius 3 is 2.50 bits per heavy atom. The van der Waals surface area contributed by atoms with Gasteiger partial charge in [0.2, 0.25) is 0 Å². The van der Waals surface area contributed by atoms with Gasteiger partial charge >= 0.3 is 0 Å². The van der Waals surface area contributed by atoms with E-state index in [1.165, 1.54) is 5.57 Å². The molecular weight excluding hydrogens is 152 g/mol. The van der Waals surface area contributed by atoms with Crippen LogP contribution in [0.1, 0.15) is 40.0 Å². The molecule has 0 aliphatic rings. The van der Waals surface area contributed by atoms with Crippen molar-refractivity contribution >= 4 is 6.29 Å². The fourth-order valence-corrected chi connectivity index (χ4v) is 0.953. The second-order valence-electron chi connectivity index (χ2n) is 3.69. The third-order valence-electron chi connectivity index (χ3n) is 1.76. The van der Waals surface area contributed by atoms with E-state index >= 15 is 0 Å². The molecule has 1 N–H and O–H groups in total. The fraction of sp³-hybridized carbons (Fsp3) is 0.700. The summed E-state index contributed by atoms with van der Waals surface area (Å²) in [4.78, 5) is 10.1. The molecule has 0 saturated heterocycles. The second-order valence-corrected chi connectivity index (χ2v) is 3.69. The van der Waals surface area contributed by atoms with Gasteiger partial charge in [-0.05, 0) is 33.6 Å². The minimum Gasteiger partial charge on any atom is -0.390 e. The fourth-order valence-electron chi connectivity index (χ4n) is 0.953. The molecule has 0 aliphatic heterocycles. The Balaban J connectivity index is 3.75. The molecule has 12 heavy (non-hydrogen) atoms. The van der Waals surface area contributed by atoms with E-state index in [1.54, 1.807) is 6.92 Å². The molecule has 0 radical (unpaired) electrons. The summed E-state index contributed by atoms with van der Waals surface area (Å²) in [5.41, 5.74) is 0.421. The van der Waals surface area contributed by atoms with Gasteiger partial charge in [-0.25, -0.2) is 0 Å². The molecule has 0 aromatic rings. The Bertz CT molecular complexity index is 165. The van der Waals surface area contributed by atoms with E-state index in [4.69, 9.17) is 0 Å². The lowest BCUT2D eigenvalue weighted by molar-refractivity contribution is -0.111. The second kappa shape index (κ2) is 5.09. The first-order valence-electron chi connectivity index (χ1n) is 4.27. The van der Waals surface area contributed by atoms with Gasteiger partial charge in [-0.3, -0.25) is 0 Å². The molecular formula is C10H18O2. The smallest absolute Gasteiger partial charge is 0.122 e. The summed E-state index contributed by atoms with van der Waals surface area (Å²) in [6.07, 6.45) is 4.55. The minimum atomic E-state index is -0.826. The average molecular weight is 170 g/mol. The summed E-state index contributed by atoms with van der Waals surface area (Å²) in [7, 11) is 0. The predicted octanol–water partition coefficient (Wildman–Crippen LogP) is 2.07. The van der Waals surface area contributed by atoms with Crippen LogP contribution >= 0.6 is 0 Å². The van der Waals surface area contributed by atoms with Crippen molar-refractivity contribution in [1.29, 1.82) is 0 Å². The van der Waals surface area contributed by atoms with Crippen LogP contribution in [0.25, 0.3) is 0 Å². The molecule has 1 atom stereocenters. The van der Waals surface area contributed by atoms with Crippen molar-refractivity contribution in [2.24, 2.45) is 0 Å². The molecule has 0 heterocycles. The highest BCUT2D eigenvalue weighted by molar-refractivity contribution is 5.51. The zero-order chi connectivity index (χ0) is 9.61. The number of allylic oxidation sites excluding steroid dienone is 2. The van der Waals surface area contributed by atoms with Crippen molar-refractivity contribution in [2.45, 2.75) is 45.6 Å². The monoisotopic (exact) mass is 170 g/mol. The van der Waals surface area contributed by atoms with Crippen LogP contribution in [0.15, 0.2) is 11.6 Å². The number of aliphatic hydroxyl groups is 1. The number of carbonyl (C=O) groups excluding carboxylic acids is 1. The Labute approximate surface area is 74.3 Å². The third-order valence-corrected chi connectivity index (χ3v) is 1.76. The van der Waals surface area contributed by atoms with Crippen molar-refractivity contribution in [1.82, 2.24) is 0 Å². The van der Waals surface area contributed by atoms with E-state index in [0.717, 1.165) is 12.7 Å². The number of carbonyl (C=O) groups is 1. The summed E-state index contributed by atoms with van der Waals surface area (Å²) < 4.78 is 0. The number of rotatable bonds is 5. The zero-order valence-corrected chi connectivity index (χ0v) is 8.13. The Hall–Kier alpha value is -0.630. The van der Waals surface area contributed by atoms with E-state index in [-0.39, 0.29) is 6.42 Å². The van der Waals surface area contributed by atoms with E-state index in [9.17, 15) is 9.90 Å². The van der Waals surface area contributed by atoms with Gasteiger partial charge in [0.1, 0.15) is 6.29 Å². The molecule has 0 saturated carbocycles. The number of hydrogen-bond acceptors (Lipinski definition) is 2. The molecule has 0 unspecified atom stereocenters. The lowest BCUT2D eigenvalue weighted by Gasteiger charge is -2.19. The average Bonchev–Trinajstić information content (AvgIpc) is 1.85. The SMILES string of the molecule is CC(C)=CCC[C@@](C)(O)CC=O. The molecule has 0 aliphatic carbocycles. The largest absolute Gasteiger partial charge is 0.390 e. The zero-order valence-electron chi connectivity index (χ0n) is 8.13. The summed E-state index contributed by atoms with van der Waals surface area (Å²) in [5.74, 6) is 0. The van der Waals surface area contributed by atoms with Gasteiger partial charge in [-0.2, -0.15) is 0 Å². The Morgan fingerprint density at radius 1 is 1.50 bits per heavy atom. The molecule has 0 amide bonds. The quantitative estimate of drug-likeness (QED) is 0.506. The maximum absolute atomic E-state index is 10.1. The molecule has 70 valence electrons. The van der Waals surface area contributed by atoms with Crippen molar-refractivity contribution < 1.29 is 9.90 Å². The van der Waals surface area contributed by atoms with E-state index in [2.05, 4.69) is 6.08 Å². The summed E-state index contributed by atoms with van der Waals surface area (Å²) in [5, 5.41) is 9.57. The topological polar surface area (TPSA) is 37.3 Å². The first kappa shape index (κ1) is 11.4. The van der Waals surface area contributed by atoms with Gasteiger partial charge in [0.15, 0.2) is 0 Å². The summed E-state index contributed by atoms with van der Waals surface area (Å²) in [6, 6.07) is 0. The van der Waals surface area contributed by atoms with Gasteiger partial charge in [0.25, 0.3) is 0 Å². The number of hydrogen-bond donors (Lipinski definition) is 1. The molecule has 0 aromatic carbocycles. The molecule has 2 heteroatoms. The van der Waals surface area contributed by atoms with Crippen molar-refractivity contribution in [3.05, 3.63) is 11.6 Å².